The maximum absolute atomic E-state index is 5.73. The standard InChI is InChI=1S/C25H28N6S/c1-3-29-24(20-14-15-20)27-31(25(29)32)18-28(2)16-21-17-30(22-12-8-5-9-13-22)26-23(21)19-10-6-4-7-11-19/h4-13,17,20H,3,14-16,18H2,1-2H3. The highest BCUT2D eigenvalue weighted by molar-refractivity contribution is 7.71. The van der Waals surface area contributed by atoms with Crippen LogP contribution in [0.3, 0.4) is 0 Å². The molecule has 0 amide bonds. The van der Waals surface area contributed by atoms with Crippen molar-refractivity contribution in [2.24, 2.45) is 0 Å². The van der Waals surface area contributed by atoms with Gasteiger partial charge in [-0.1, -0.05) is 48.5 Å². The Morgan fingerprint density at radius 2 is 1.69 bits per heavy atom. The summed E-state index contributed by atoms with van der Waals surface area (Å²) in [5.41, 5.74) is 4.35. The van der Waals surface area contributed by atoms with Gasteiger partial charge in [0.05, 0.1) is 18.1 Å². The Morgan fingerprint density at radius 1 is 1.00 bits per heavy atom. The Kier molecular flexibility index (Phi) is 5.76. The first kappa shape index (κ1) is 20.8. The zero-order chi connectivity index (χ0) is 22.1. The summed E-state index contributed by atoms with van der Waals surface area (Å²) in [4.78, 5) is 2.25. The molecule has 0 saturated heterocycles. The summed E-state index contributed by atoms with van der Waals surface area (Å²) in [6.45, 7) is 4.41. The minimum absolute atomic E-state index is 0.581. The first-order chi connectivity index (χ1) is 15.6. The highest BCUT2D eigenvalue weighted by Crippen LogP contribution is 2.39. The summed E-state index contributed by atoms with van der Waals surface area (Å²) < 4.78 is 6.93. The van der Waals surface area contributed by atoms with Crippen LogP contribution in [0.2, 0.25) is 0 Å². The number of para-hydroxylation sites is 1. The topological polar surface area (TPSA) is 43.8 Å². The summed E-state index contributed by atoms with van der Waals surface area (Å²) in [7, 11) is 2.11. The van der Waals surface area contributed by atoms with Gasteiger partial charge >= 0.3 is 0 Å². The molecule has 0 N–H and O–H groups in total. The van der Waals surface area contributed by atoms with Gasteiger partial charge in [0.1, 0.15) is 5.82 Å². The lowest BCUT2D eigenvalue weighted by atomic mass is 10.1. The number of hydrogen-bond donors (Lipinski definition) is 0. The molecule has 4 aromatic rings. The van der Waals surface area contributed by atoms with Crippen LogP contribution in [0.15, 0.2) is 66.9 Å². The average molecular weight is 445 g/mol. The third kappa shape index (κ3) is 4.18. The molecule has 1 saturated carbocycles. The molecule has 32 heavy (non-hydrogen) atoms. The smallest absolute Gasteiger partial charge is 0.199 e. The van der Waals surface area contributed by atoms with E-state index in [1.54, 1.807) is 0 Å². The Labute approximate surface area is 193 Å². The lowest BCUT2D eigenvalue weighted by Crippen LogP contribution is -2.22. The zero-order valence-electron chi connectivity index (χ0n) is 18.6. The molecule has 2 aromatic heterocycles. The van der Waals surface area contributed by atoms with Crippen molar-refractivity contribution >= 4 is 12.2 Å². The Morgan fingerprint density at radius 3 is 2.34 bits per heavy atom. The fourth-order valence-corrected chi connectivity index (χ4v) is 4.46. The molecule has 164 valence electrons. The van der Waals surface area contributed by atoms with E-state index in [0.29, 0.717) is 12.6 Å². The summed E-state index contributed by atoms with van der Waals surface area (Å²) in [6.07, 6.45) is 4.58. The lowest BCUT2D eigenvalue weighted by Gasteiger charge is -2.16. The fraction of sp³-hybridized carbons (Fsp3) is 0.320. The maximum atomic E-state index is 5.73. The van der Waals surface area contributed by atoms with E-state index in [1.807, 2.05) is 33.6 Å². The average Bonchev–Trinajstić information content (AvgIpc) is 3.51. The zero-order valence-corrected chi connectivity index (χ0v) is 19.4. The molecule has 7 heteroatoms. The van der Waals surface area contributed by atoms with Gasteiger partial charge in [-0.2, -0.15) is 10.2 Å². The lowest BCUT2D eigenvalue weighted by molar-refractivity contribution is 0.243. The molecule has 1 fully saturated rings. The highest BCUT2D eigenvalue weighted by Gasteiger charge is 2.29. The van der Waals surface area contributed by atoms with E-state index >= 15 is 0 Å². The Hall–Kier alpha value is -3.03. The van der Waals surface area contributed by atoms with E-state index < -0.39 is 0 Å². The predicted octanol–water partition coefficient (Wildman–Crippen LogP) is 5.25. The van der Waals surface area contributed by atoms with Crippen molar-refractivity contribution in [2.45, 2.75) is 45.4 Å². The predicted molar refractivity (Wildman–Crippen MR) is 129 cm³/mol. The number of benzene rings is 2. The van der Waals surface area contributed by atoms with Crippen molar-refractivity contribution in [3.63, 3.8) is 0 Å². The molecule has 0 unspecified atom stereocenters. The second-order valence-electron chi connectivity index (χ2n) is 8.46. The van der Waals surface area contributed by atoms with Crippen LogP contribution in [0.4, 0.5) is 0 Å². The van der Waals surface area contributed by atoms with Gasteiger partial charge in [-0.3, -0.25) is 4.90 Å². The minimum atomic E-state index is 0.581. The molecule has 0 spiro atoms. The summed E-state index contributed by atoms with van der Waals surface area (Å²) in [5, 5.41) is 9.80. The third-order valence-electron chi connectivity index (χ3n) is 5.88. The van der Waals surface area contributed by atoms with E-state index in [1.165, 1.54) is 18.4 Å². The van der Waals surface area contributed by atoms with Crippen molar-refractivity contribution in [2.75, 3.05) is 7.05 Å². The van der Waals surface area contributed by atoms with Gasteiger partial charge in [0, 0.05) is 36.3 Å². The molecule has 5 rings (SSSR count). The molecule has 0 aliphatic heterocycles. The molecule has 0 radical (unpaired) electrons. The highest BCUT2D eigenvalue weighted by atomic mass is 32.1. The first-order valence-corrected chi connectivity index (χ1v) is 11.6. The minimum Gasteiger partial charge on any atom is -0.304 e. The molecule has 2 aromatic carbocycles. The number of nitrogens with zero attached hydrogens (tertiary/aromatic N) is 6. The van der Waals surface area contributed by atoms with E-state index in [0.717, 1.165) is 40.6 Å². The van der Waals surface area contributed by atoms with E-state index in [9.17, 15) is 0 Å². The number of rotatable bonds is 8. The molecule has 6 nitrogen and oxygen atoms in total. The van der Waals surface area contributed by atoms with Crippen molar-refractivity contribution in [3.8, 4) is 16.9 Å². The Balaban J connectivity index is 1.43. The van der Waals surface area contributed by atoms with Crippen molar-refractivity contribution in [1.82, 2.24) is 29.0 Å². The third-order valence-corrected chi connectivity index (χ3v) is 6.31. The molecule has 2 heterocycles. The van der Waals surface area contributed by atoms with Crippen LogP contribution >= 0.6 is 12.2 Å². The van der Waals surface area contributed by atoms with Gasteiger partial charge in [0.2, 0.25) is 0 Å². The monoisotopic (exact) mass is 444 g/mol. The van der Waals surface area contributed by atoms with E-state index in [-0.39, 0.29) is 0 Å². The van der Waals surface area contributed by atoms with Crippen LogP contribution in [-0.4, -0.2) is 36.1 Å². The number of hydrogen-bond acceptors (Lipinski definition) is 4. The van der Waals surface area contributed by atoms with Crippen LogP contribution < -0.4 is 0 Å². The molecular weight excluding hydrogens is 416 g/mol. The molecular formula is C25H28N6S. The molecule has 0 bridgehead atoms. The van der Waals surface area contributed by atoms with Gasteiger partial charge in [0.15, 0.2) is 4.77 Å². The van der Waals surface area contributed by atoms with Gasteiger partial charge in [0.25, 0.3) is 0 Å². The molecule has 0 atom stereocenters. The summed E-state index contributed by atoms with van der Waals surface area (Å²) in [5.74, 6) is 1.73. The SMILES string of the molecule is CCn1c(C2CC2)nn(CN(C)Cc2cn(-c3ccccc3)nc2-c2ccccc2)c1=S. The first-order valence-electron chi connectivity index (χ1n) is 11.2. The van der Waals surface area contributed by atoms with Gasteiger partial charge in [-0.05, 0) is 51.2 Å². The van der Waals surface area contributed by atoms with Crippen molar-refractivity contribution in [3.05, 3.63) is 83.0 Å². The second kappa shape index (κ2) is 8.84. The maximum Gasteiger partial charge on any atom is 0.199 e. The van der Waals surface area contributed by atoms with Crippen molar-refractivity contribution < 1.29 is 0 Å². The van der Waals surface area contributed by atoms with E-state index in [2.05, 4.69) is 66.0 Å². The van der Waals surface area contributed by atoms with Crippen LogP contribution in [0.5, 0.6) is 0 Å². The van der Waals surface area contributed by atoms with Crippen LogP contribution in [0.1, 0.15) is 37.1 Å². The van der Waals surface area contributed by atoms with Gasteiger partial charge in [-0.25, -0.2) is 9.36 Å². The number of aromatic nitrogens is 5. The molecule has 1 aliphatic carbocycles. The molecule has 1 aliphatic rings. The summed E-state index contributed by atoms with van der Waals surface area (Å²) >= 11 is 5.73. The summed E-state index contributed by atoms with van der Waals surface area (Å²) in [6, 6.07) is 20.6. The fourth-order valence-electron chi connectivity index (χ4n) is 4.14. The van der Waals surface area contributed by atoms with E-state index in [4.69, 9.17) is 22.4 Å². The van der Waals surface area contributed by atoms with Crippen LogP contribution in [-0.2, 0) is 19.8 Å². The van der Waals surface area contributed by atoms with Gasteiger partial charge < -0.3 is 4.57 Å². The van der Waals surface area contributed by atoms with Crippen molar-refractivity contribution in [1.29, 1.82) is 0 Å². The Bertz CT molecular complexity index is 1250. The van der Waals surface area contributed by atoms with Gasteiger partial charge in [-0.15, -0.1) is 0 Å². The second-order valence-corrected chi connectivity index (χ2v) is 8.83. The van der Waals surface area contributed by atoms with Crippen LogP contribution in [0, 0.1) is 4.77 Å². The normalized spacial score (nSPS) is 13.7. The quantitative estimate of drug-likeness (QED) is 0.348. The largest absolute Gasteiger partial charge is 0.304 e. The van der Waals surface area contributed by atoms with Crippen LogP contribution in [0.25, 0.3) is 16.9 Å².